The van der Waals surface area contributed by atoms with Gasteiger partial charge in [0, 0.05) is 17.8 Å². The summed E-state index contributed by atoms with van der Waals surface area (Å²) in [6.45, 7) is 0. The first-order chi connectivity index (χ1) is 14.5. The molecule has 0 radical (unpaired) electrons. The quantitative estimate of drug-likeness (QED) is 0.393. The highest BCUT2D eigenvalue weighted by Crippen LogP contribution is 2.21. The Morgan fingerprint density at radius 1 is 1.17 bits per heavy atom. The molecule has 0 aliphatic carbocycles. The molecule has 0 spiro atoms. The molecule has 0 bridgehead atoms. The lowest BCUT2D eigenvalue weighted by atomic mass is 9.79. The van der Waals surface area contributed by atoms with Gasteiger partial charge in [-0.1, -0.05) is 42.5 Å². The van der Waals surface area contributed by atoms with Crippen molar-refractivity contribution in [3.8, 4) is 0 Å². The average Bonchev–Trinajstić information content (AvgIpc) is 3.14. The van der Waals surface area contributed by atoms with Gasteiger partial charge in [0.05, 0.1) is 0 Å². The number of rotatable bonds is 5. The Labute approximate surface area is 173 Å². The molecule has 1 aliphatic heterocycles. The summed E-state index contributed by atoms with van der Waals surface area (Å²) in [7, 11) is -1.62. The van der Waals surface area contributed by atoms with Crippen LogP contribution in [0.2, 0.25) is 0 Å². The molecule has 1 aromatic heterocycles. The maximum absolute atomic E-state index is 12.6. The van der Waals surface area contributed by atoms with Crippen LogP contribution >= 0.6 is 0 Å². The second kappa shape index (κ2) is 8.52. The van der Waals surface area contributed by atoms with E-state index in [9.17, 15) is 19.6 Å². The van der Waals surface area contributed by atoms with E-state index in [1.54, 1.807) is 18.2 Å². The molecular formula is C21H21BN4O4. The lowest BCUT2D eigenvalue weighted by molar-refractivity contribution is -0.118. The van der Waals surface area contributed by atoms with Gasteiger partial charge in [-0.3, -0.25) is 14.7 Å². The molecule has 1 aliphatic rings. The van der Waals surface area contributed by atoms with Crippen molar-refractivity contribution in [2.75, 3.05) is 5.32 Å². The van der Waals surface area contributed by atoms with Crippen molar-refractivity contribution in [1.82, 2.24) is 15.5 Å². The molecule has 4 rings (SSSR count). The van der Waals surface area contributed by atoms with Crippen LogP contribution in [0.1, 0.15) is 33.7 Å². The maximum Gasteiger partial charge on any atom is 0.488 e. The maximum atomic E-state index is 12.6. The van der Waals surface area contributed by atoms with Gasteiger partial charge in [0.15, 0.2) is 0 Å². The third-order valence-electron chi connectivity index (χ3n) is 5.12. The van der Waals surface area contributed by atoms with Gasteiger partial charge in [-0.25, -0.2) is 0 Å². The zero-order valence-electron chi connectivity index (χ0n) is 16.1. The SMILES string of the molecule is O=C(NC1CCc2ccc(B(O)O)cc2NC1=O)c1cc(Cc2ccccc2)[nH]n1. The van der Waals surface area contributed by atoms with Crippen LogP contribution in [0.5, 0.6) is 0 Å². The van der Waals surface area contributed by atoms with Crippen molar-refractivity contribution in [2.24, 2.45) is 0 Å². The van der Waals surface area contributed by atoms with Gasteiger partial charge in [-0.05, 0) is 41.6 Å². The van der Waals surface area contributed by atoms with Gasteiger partial charge in [0.1, 0.15) is 11.7 Å². The number of benzene rings is 2. The number of aryl methyl sites for hydroxylation is 1. The highest BCUT2D eigenvalue weighted by molar-refractivity contribution is 6.58. The number of H-pyrrole nitrogens is 1. The number of nitrogens with zero attached hydrogens (tertiary/aromatic N) is 1. The van der Waals surface area contributed by atoms with Gasteiger partial charge in [-0.2, -0.15) is 5.10 Å². The van der Waals surface area contributed by atoms with E-state index in [0.717, 1.165) is 16.8 Å². The zero-order valence-corrected chi connectivity index (χ0v) is 16.1. The summed E-state index contributed by atoms with van der Waals surface area (Å²) in [6, 6.07) is 15.7. The van der Waals surface area contributed by atoms with E-state index in [2.05, 4.69) is 20.8 Å². The minimum Gasteiger partial charge on any atom is -0.423 e. The van der Waals surface area contributed by atoms with Crippen LogP contribution < -0.4 is 16.1 Å². The first kappa shape index (κ1) is 19.9. The number of fused-ring (bicyclic) bond motifs is 1. The third kappa shape index (κ3) is 4.42. The van der Waals surface area contributed by atoms with Gasteiger partial charge in [-0.15, -0.1) is 0 Å². The monoisotopic (exact) mass is 404 g/mol. The zero-order chi connectivity index (χ0) is 21.1. The molecule has 1 unspecified atom stereocenters. The number of hydrogen-bond donors (Lipinski definition) is 5. The van der Waals surface area contributed by atoms with E-state index in [1.165, 1.54) is 6.07 Å². The third-order valence-corrected chi connectivity index (χ3v) is 5.12. The number of anilines is 1. The van der Waals surface area contributed by atoms with Crippen LogP contribution in [-0.2, 0) is 17.6 Å². The normalized spacial score (nSPS) is 15.7. The fourth-order valence-electron chi connectivity index (χ4n) is 3.49. The van der Waals surface area contributed by atoms with Crippen LogP contribution in [0.4, 0.5) is 5.69 Å². The minimum absolute atomic E-state index is 0.223. The van der Waals surface area contributed by atoms with E-state index >= 15 is 0 Å². The fraction of sp³-hybridized carbons (Fsp3) is 0.190. The van der Waals surface area contributed by atoms with E-state index in [-0.39, 0.29) is 11.6 Å². The Balaban J connectivity index is 1.42. The summed E-state index contributed by atoms with van der Waals surface area (Å²) in [4.78, 5) is 25.2. The van der Waals surface area contributed by atoms with E-state index in [1.807, 2.05) is 30.3 Å². The molecule has 1 atom stereocenters. The minimum atomic E-state index is -1.62. The van der Waals surface area contributed by atoms with Crippen LogP contribution in [0, 0.1) is 0 Å². The summed E-state index contributed by atoms with van der Waals surface area (Å²) < 4.78 is 0. The molecule has 9 heteroatoms. The van der Waals surface area contributed by atoms with Crippen LogP contribution in [0.3, 0.4) is 0 Å². The Kier molecular flexibility index (Phi) is 5.64. The van der Waals surface area contributed by atoms with E-state index < -0.39 is 19.1 Å². The van der Waals surface area contributed by atoms with E-state index in [4.69, 9.17) is 0 Å². The highest BCUT2D eigenvalue weighted by Gasteiger charge is 2.27. The van der Waals surface area contributed by atoms with Gasteiger partial charge >= 0.3 is 7.12 Å². The summed E-state index contributed by atoms with van der Waals surface area (Å²) in [5.41, 5.74) is 3.81. The van der Waals surface area contributed by atoms with E-state index in [0.29, 0.717) is 30.4 Å². The molecule has 2 heterocycles. The molecule has 0 saturated carbocycles. The largest absolute Gasteiger partial charge is 0.488 e. The molecule has 0 fully saturated rings. The predicted molar refractivity (Wildman–Crippen MR) is 112 cm³/mol. The summed E-state index contributed by atoms with van der Waals surface area (Å²) in [6.07, 6.45) is 1.60. The van der Waals surface area contributed by atoms with Crippen LogP contribution in [0.15, 0.2) is 54.6 Å². The van der Waals surface area contributed by atoms with Crippen LogP contribution in [-0.4, -0.2) is 45.2 Å². The molecular weight excluding hydrogens is 383 g/mol. The Morgan fingerprint density at radius 2 is 1.97 bits per heavy atom. The molecule has 2 amide bonds. The highest BCUT2D eigenvalue weighted by atomic mass is 16.4. The van der Waals surface area contributed by atoms with Gasteiger partial charge in [0.2, 0.25) is 5.91 Å². The molecule has 5 N–H and O–H groups in total. The Hall–Kier alpha value is -3.43. The lowest BCUT2D eigenvalue weighted by Crippen LogP contribution is -2.43. The van der Waals surface area contributed by atoms with Crippen molar-refractivity contribution >= 4 is 30.1 Å². The summed E-state index contributed by atoms with van der Waals surface area (Å²) in [5.74, 6) is -0.783. The summed E-state index contributed by atoms with van der Waals surface area (Å²) in [5, 5.41) is 31.1. The number of amides is 2. The van der Waals surface area contributed by atoms with Gasteiger partial charge < -0.3 is 20.7 Å². The molecule has 2 aromatic carbocycles. The number of carbonyl (C=O) groups is 2. The number of hydrogen-bond acceptors (Lipinski definition) is 5. The average molecular weight is 404 g/mol. The Morgan fingerprint density at radius 3 is 2.73 bits per heavy atom. The molecule has 0 saturated heterocycles. The second-order valence-corrected chi connectivity index (χ2v) is 7.29. The first-order valence-electron chi connectivity index (χ1n) is 9.68. The molecule has 30 heavy (non-hydrogen) atoms. The number of aromatic nitrogens is 2. The van der Waals surface area contributed by atoms with Crippen molar-refractivity contribution in [1.29, 1.82) is 0 Å². The van der Waals surface area contributed by atoms with Gasteiger partial charge in [0.25, 0.3) is 5.91 Å². The van der Waals surface area contributed by atoms with Crippen molar-refractivity contribution in [3.05, 3.63) is 77.1 Å². The second-order valence-electron chi connectivity index (χ2n) is 7.29. The Bertz CT molecular complexity index is 1070. The fourth-order valence-corrected chi connectivity index (χ4v) is 3.49. The lowest BCUT2D eigenvalue weighted by Gasteiger charge is -2.14. The molecule has 152 valence electrons. The number of carbonyl (C=O) groups excluding carboxylic acids is 2. The first-order valence-corrected chi connectivity index (χ1v) is 9.68. The number of aromatic amines is 1. The standard InChI is InChI=1S/C21H21BN4O4/c27-20-17(9-7-14-6-8-15(22(29)30)11-18(14)24-20)23-21(28)19-12-16(25-26-19)10-13-4-2-1-3-5-13/h1-6,8,11-12,17,29-30H,7,9-10H2,(H,23,28)(H,24,27)(H,25,26). The van der Waals surface area contributed by atoms with Crippen LogP contribution in [0.25, 0.3) is 0 Å². The molecule has 8 nitrogen and oxygen atoms in total. The smallest absolute Gasteiger partial charge is 0.423 e. The molecule has 3 aromatic rings. The van der Waals surface area contributed by atoms with Crippen molar-refractivity contribution < 1.29 is 19.6 Å². The predicted octanol–water partition coefficient (Wildman–Crippen LogP) is 0.364. The topological polar surface area (TPSA) is 127 Å². The van der Waals surface area contributed by atoms with Crippen molar-refractivity contribution in [2.45, 2.75) is 25.3 Å². The summed E-state index contributed by atoms with van der Waals surface area (Å²) >= 11 is 0. The van der Waals surface area contributed by atoms with Crippen molar-refractivity contribution in [3.63, 3.8) is 0 Å². The number of nitrogens with one attached hydrogen (secondary N) is 3.